The molecule has 2 nitrogen and oxygen atoms in total. The minimum Gasteiger partial charge on any atom is -0.411 e. The molecule has 1 aromatic rings. The van der Waals surface area contributed by atoms with Crippen LogP contribution in [-0.4, -0.2) is 20.5 Å². The lowest BCUT2D eigenvalue weighted by molar-refractivity contribution is -0.0809. The second-order valence-electron chi connectivity index (χ2n) is 8.59. The molecule has 1 aliphatic rings. The van der Waals surface area contributed by atoms with Crippen molar-refractivity contribution in [2.24, 2.45) is 5.92 Å². The number of hydrogen-bond acceptors (Lipinski definition) is 2. The lowest BCUT2D eigenvalue weighted by Crippen LogP contribution is -2.51. The van der Waals surface area contributed by atoms with Gasteiger partial charge in [-0.15, -0.1) is 0 Å². The minimum atomic E-state index is -1.76. The van der Waals surface area contributed by atoms with Crippen LogP contribution in [0.15, 0.2) is 30.3 Å². The Kier molecular flexibility index (Phi) is 6.09. The summed E-state index contributed by atoms with van der Waals surface area (Å²) in [5.41, 5.74) is 1.25. The molecule has 0 spiro atoms. The third kappa shape index (κ3) is 4.91. The van der Waals surface area contributed by atoms with E-state index in [0.29, 0.717) is 12.5 Å². The molecule has 0 radical (unpaired) electrons. The van der Waals surface area contributed by atoms with Crippen LogP contribution < -0.4 is 0 Å². The quantitative estimate of drug-likeness (QED) is 0.635. The number of benzene rings is 1. The molecule has 0 bridgehead atoms. The molecule has 1 fully saturated rings. The molecule has 130 valence electrons. The maximum absolute atomic E-state index is 6.77. The van der Waals surface area contributed by atoms with E-state index >= 15 is 0 Å². The predicted octanol–water partition coefficient (Wildman–Crippen LogP) is 5.78. The molecule has 0 N–H and O–H groups in total. The number of ether oxygens (including phenoxy) is 1. The van der Waals surface area contributed by atoms with Crippen molar-refractivity contribution in [2.45, 2.75) is 83.9 Å². The Morgan fingerprint density at radius 3 is 2.35 bits per heavy atom. The van der Waals surface area contributed by atoms with Gasteiger partial charge in [0.15, 0.2) is 8.32 Å². The van der Waals surface area contributed by atoms with E-state index in [0.717, 1.165) is 6.42 Å². The van der Waals surface area contributed by atoms with Crippen molar-refractivity contribution in [2.75, 3.05) is 0 Å². The molecule has 1 saturated carbocycles. The first-order valence-corrected chi connectivity index (χ1v) is 11.9. The Hall–Kier alpha value is -0.643. The Balaban J connectivity index is 2.04. The molecule has 3 unspecified atom stereocenters. The molecule has 0 aliphatic heterocycles. The van der Waals surface area contributed by atoms with Crippen LogP contribution in [-0.2, 0) is 15.8 Å². The minimum absolute atomic E-state index is 0.230. The van der Waals surface area contributed by atoms with E-state index in [1.54, 1.807) is 0 Å². The van der Waals surface area contributed by atoms with E-state index < -0.39 is 8.32 Å². The maximum Gasteiger partial charge on any atom is 0.192 e. The van der Waals surface area contributed by atoms with Gasteiger partial charge in [0, 0.05) is 0 Å². The third-order valence-electron chi connectivity index (χ3n) is 5.62. The van der Waals surface area contributed by atoms with Gasteiger partial charge in [0.2, 0.25) is 0 Å². The molecule has 2 rings (SSSR count). The smallest absolute Gasteiger partial charge is 0.192 e. The molecule has 23 heavy (non-hydrogen) atoms. The lowest BCUT2D eigenvalue weighted by Gasteiger charge is -2.45. The fourth-order valence-corrected chi connectivity index (χ4v) is 4.42. The second-order valence-corrected chi connectivity index (χ2v) is 13.3. The fraction of sp³-hybridized carbons (Fsp3) is 0.700. The van der Waals surface area contributed by atoms with E-state index in [2.05, 4.69) is 71.1 Å². The highest BCUT2D eigenvalue weighted by Crippen LogP contribution is 2.40. The van der Waals surface area contributed by atoms with Gasteiger partial charge in [-0.3, -0.25) is 0 Å². The van der Waals surface area contributed by atoms with Crippen molar-refractivity contribution in [1.82, 2.24) is 0 Å². The van der Waals surface area contributed by atoms with Gasteiger partial charge in [0.25, 0.3) is 0 Å². The van der Waals surface area contributed by atoms with Gasteiger partial charge in [-0.05, 0) is 42.5 Å². The molecule has 0 saturated heterocycles. The van der Waals surface area contributed by atoms with Crippen molar-refractivity contribution >= 4 is 8.32 Å². The zero-order valence-electron chi connectivity index (χ0n) is 15.8. The van der Waals surface area contributed by atoms with Gasteiger partial charge >= 0.3 is 0 Å². The standard InChI is InChI=1S/C20H34O2Si/c1-16-11-10-14-18(21-15-17-12-8-7-9-13-17)19(16)22-23(5,6)20(2,3)4/h7-9,12-13,16,18-19H,10-11,14-15H2,1-6H3. The van der Waals surface area contributed by atoms with Gasteiger partial charge in [-0.25, -0.2) is 0 Å². The first-order valence-electron chi connectivity index (χ1n) is 9.04. The SMILES string of the molecule is CC1CCCC(OCc2ccccc2)C1O[Si](C)(C)C(C)(C)C. The molecule has 0 aromatic heterocycles. The Labute approximate surface area is 143 Å². The molecular weight excluding hydrogens is 300 g/mol. The summed E-state index contributed by atoms with van der Waals surface area (Å²) < 4.78 is 13.1. The highest BCUT2D eigenvalue weighted by Gasteiger charge is 2.43. The van der Waals surface area contributed by atoms with Crippen LogP contribution in [0.3, 0.4) is 0 Å². The van der Waals surface area contributed by atoms with E-state index in [1.165, 1.54) is 18.4 Å². The number of rotatable bonds is 5. The predicted molar refractivity (Wildman–Crippen MR) is 100 cm³/mol. The van der Waals surface area contributed by atoms with Gasteiger partial charge in [-0.1, -0.05) is 64.4 Å². The first-order chi connectivity index (χ1) is 10.7. The van der Waals surface area contributed by atoms with Gasteiger partial charge in [0.05, 0.1) is 18.8 Å². The van der Waals surface area contributed by atoms with Crippen LogP contribution in [0.4, 0.5) is 0 Å². The highest BCUT2D eigenvalue weighted by molar-refractivity contribution is 6.74. The van der Waals surface area contributed by atoms with Gasteiger partial charge < -0.3 is 9.16 Å². The normalized spacial score (nSPS) is 26.3. The number of hydrogen-bond donors (Lipinski definition) is 0. The average Bonchev–Trinajstić information content (AvgIpc) is 2.48. The van der Waals surface area contributed by atoms with E-state index in [-0.39, 0.29) is 17.2 Å². The monoisotopic (exact) mass is 334 g/mol. The van der Waals surface area contributed by atoms with Crippen molar-refractivity contribution in [3.8, 4) is 0 Å². The van der Waals surface area contributed by atoms with Crippen molar-refractivity contribution < 1.29 is 9.16 Å². The summed E-state index contributed by atoms with van der Waals surface area (Å²) >= 11 is 0. The average molecular weight is 335 g/mol. The van der Waals surface area contributed by atoms with Gasteiger partial charge in [0.1, 0.15) is 0 Å². The van der Waals surface area contributed by atoms with Crippen molar-refractivity contribution in [3.05, 3.63) is 35.9 Å². The van der Waals surface area contributed by atoms with Crippen LogP contribution in [0.1, 0.15) is 52.5 Å². The summed E-state index contributed by atoms with van der Waals surface area (Å²) in [6, 6.07) is 10.5. The maximum atomic E-state index is 6.77. The van der Waals surface area contributed by atoms with Crippen LogP contribution in [0.5, 0.6) is 0 Å². The topological polar surface area (TPSA) is 18.5 Å². The highest BCUT2D eigenvalue weighted by atomic mass is 28.4. The fourth-order valence-electron chi connectivity index (χ4n) is 3.00. The largest absolute Gasteiger partial charge is 0.411 e. The third-order valence-corrected chi connectivity index (χ3v) is 10.1. The Morgan fingerprint density at radius 1 is 1.09 bits per heavy atom. The molecule has 1 aliphatic carbocycles. The summed E-state index contributed by atoms with van der Waals surface area (Å²) in [6.45, 7) is 14.7. The van der Waals surface area contributed by atoms with Crippen LogP contribution >= 0.6 is 0 Å². The molecule has 3 heteroatoms. The summed E-state index contributed by atoms with van der Waals surface area (Å²) in [5, 5.41) is 0.244. The molecule has 0 amide bonds. The van der Waals surface area contributed by atoms with Crippen LogP contribution in [0, 0.1) is 5.92 Å². The van der Waals surface area contributed by atoms with Crippen LogP contribution in [0.25, 0.3) is 0 Å². The molecule has 1 aromatic carbocycles. The lowest BCUT2D eigenvalue weighted by atomic mass is 9.86. The van der Waals surface area contributed by atoms with Crippen molar-refractivity contribution in [3.63, 3.8) is 0 Å². The summed E-state index contributed by atoms with van der Waals surface area (Å²) in [5.74, 6) is 0.582. The first kappa shape index (κ1) is 18.7. The van der Waals surface area contributed by atoms with E-state index in [9.17, 15) is 0 Å². The van der Waals surface area contributed by atoms with Crippen LogP contribution in [0.2, 0.25) is 18.1 Å². The van der Waals surface area contributed by atoms with E-state index in [1.807, 2.05) is 0 Å². The molecule has 0 heterocycles. The van der Waals surface area contributed by atoms with Gasteiger partial charge in [-0.2, -0.15) is 0 Å². The Bertz CT molecular complexity index is 478. The molecule has 3 atom stereocenters. The summed E-state index contributed by atoms with van der Waals surface area (Å²) in [7, 11) is -1.76. The van der Waals surface area contributed by atoms with E-state index in [4.69, 9.17) is 9.16 Å². The van der Waals surface area contributed by atoms with Crippen molar-refractivity contribution in [1.29, 1.82) is 0 Å². The summed E-state index contributed by atoms with van der Waals surface area (Å²) in [4.78, 5) is 0. The summed E-state index contributed by atoms with van der Waals surface area (Å²) in [6.07, 6.45) is 4.10. The Morgan fingerprint density at radius 2 is 1.74 bits per heavy atom. The second kappa shape index (κ2) is 7.50. The zero-order valence-corrected chi connectivity index (χ0v) is 16.8. The zero-order chi connectivity index (χ0) is 17.1. The molecular formula is C20H34O2Si.